The monoisotopic (exact) mass is 465 g/mol. The summed E-state index contributed by atoms with van der Waals surface area (Å²) in [5.41, 5.74) is 2.18. The number of benzene rings is 2. The molecular formula is C22H28ClN3O4S. The molecular weight excluding hydrogens is 438 g/mol. The summed E-state index contributed by atoms with van der Waals surface area (Å²) >= 11 is 6.13. The first kappa shape index (κ1) is 23.4. The normalized spacial score (nSPS) is 15.6. The molecule has 1 aliphatic rings. The van der Waals surface area contributed by atoms with E-state index < -0.39 is 16.1 Å². The fourth-order valence-electron chi connectivity index (χ4n) is 3.60. The van der Waals surface area contributed by atoms with Crippen LogP contribution in [0.3, 0.4) is 0 Å². The molecule has 0 unspecified atom stereocenters. The zero-order chi connectivity index (χ0) is 22.6. The van der Waals surface area contributed by atoms with Gasteiger partial charge in [0.15, 0.2) is 0 Å². The van der Waals surface area contributed by atoms with Crippen molar-refractivity contribution in [1.82, 2.24) is 9.62 Å². The van der Waals surface area contributed by atoms with E-state index in [-0.39, 0.29) is 10.8 Å². The molecule has 1 aliphatic heterocycles. The molecule has 2 aromatic carbocycles. The first-order chi connectivity index (χ1) is 14.7. The maximum atomic E-state index is 12.8. The van der Waals surface area contributed by atoms with Crippen molar-refractivity contribution in [2.45, 2.75) is 31.7 Å². The van der Waals surface area contributed by atoms with Crippen LogP contribution >= 0.6 is 11.6 Å². The van der Waals surface area contributed by atoms with Crippen LogP contribution in [0.2, 0.25) is 5.02 Å². The molecule has 0 spiro atoms. The number of amides is 1. The topological polar surface area (TPSA) is 78.9 Å². The van der Waals surface area contributed by atoms with Gasteiger partial charge in [-0.15, -0.1) is 0 Å². The summed E-state index contributed by atoms with van der Waals surface area (Å²) < 4.78 is 33.2. The Morgan fingerprint density at radius 1 is 1.13 bits per heavy atom. The first-order valence-corrected chi connectivity index (χ1v) is 12.1. The second-order valence-corrected chi connectivity index (χ2v) is 9.64. The molecule has 1 amide bonds. The lowest BCUT2D eigenvalue weighted by Crippen LogP contribution is -2.54. The number of piperazine rings is 1. The SMILES string of the molecule is CCOc1ccc(S(=O)(=O)N[C@@H](C)C(=O)N2CCN(c3cc(Cl)ccc3C)CC2)cc1. The van der Waals surface area contributed by atoms with Crippen LogP contribution in [0.1, 0.15) is 19.4 Å². The molecule has 0 bridgehead atoms. The highest BCUT2D eigenvalue weighted by molar-refractivity contribution is 7.89. The van der Waals surface area contributed by atoms with Crippen molar-refractivity contribution in [2.24, 2.45) is 0 Å². The van der Waals surface area contributed by atoms with Crippen molar-refractivity contribution in [3.05, 3.63) is 53.1 Å². The Labute approximate surface area is 189 Å². The highest BCUT2D eigenvalue weighted by Crippen LogP contribution is 2.25. The lowest BCUT2D eigenvalue weighted by Gasteiger charge is -2.37. The van der Waals surface area contributed by atoms with Gasteiger partial charge in [-0.05, 0) is 62.7 Å². The summed E-state index contributed by atoms with van der Waals surface area (Å²) in [5, 5.41) is 0.677. The maximum Gasteiger partial charge on any atom is 0.241 e. The van der Waals surface area contributed by atoms with Gasteiger partial charge in [0.2, 0.25) is 15.9 Å². The molecule has 31 heavy (non-hydrogen) atoms. The van der Waals surface area contributed by atoms with E-state index in [4.69, 9.17) is 16.3 Å². The molecule has 0 aromatic heterocycles. The number of anilines is 1. The summed E-state index contributed by atoms with van der Waals surface area (Å²) in [6.45, 7) is 8.30. The quantitative estimate of drug-likeness (QED) is 0.679. The fraction of sp³-hybridized carbons (Fsp3) is 0.409. The minimum Gasteiger partial charge on any atom is -0.494 e. The number of sulfonamides is 1. The van der Waals surface area contributed by atoms with E-state index >= 15 is 0 Å². The van der Waals surface area contributed by atoms with Gasteiger partial charge >= 0.3 is 0 Å². The number of rotatable bonds is 7. The van der Waals surface area contributed by atoms with E-state index in [1.54, 1.807) is 24.0 Å². The number of carbonyl (C=O) groups is 1. The van der Waals surface area contributed by atoms with Gasteiger partial charge in [-0.1, -0.05) is 17.7 Å². The molecule has 1 heterocycles. The zero-order valence-corrected chi connectivity index (χ0v) is 19.5. The molecule has 1 saturated heterocycles. The van der Waals surface area contributed by atoms with Gasteiger partial charge in [0.05, 0.1) is 17.5 Å². The number of nitrogens with one attached hydrogen (secondary N) is 1. The number of hydrogen-bond acceptors (Lipinski definition) is 5. The maximum absolute atomic E-state index is 12.8. The average molecular weight is 466 g/mol. The summed E-state index contributed by atoms with van der Waals surface area (Å²) in [6, 6.07) is 11.0. The van der Waals surface area contributed by atoms with Crippen molar-refractivity contribution in [2.75, 3.05) is 37.7 Å². The molecule has 3 rings (SSSR count). The van der Waals surface area contributed by atoms with E-state index in [2.05, 4.69) is 9.62 Å². The van der Waals surface area contributed by atoms with Crippen LogP contribution in [0.25, 0.3) is 0 Å². The highest BCUT2D eigenvalue weighted by atomic mass is 35.5. The van der Waals surface area contributed by atoms with Gasteiger partial charge in [-0.2, -0.15) is 4.72 Å². The van der Waals surface area contributed by atoms with E-state index in [0.717, 1.165) is 11.3 Å². The van der Waals surface area contributed by atoms with E-state index in [1.807, 2.05) is 32.0 Å². The van der Waals surface area contributed by atoms with Crippen molar-refractivity contribution >= 4 is 33.2 Å². The Balaban J connectivity index is 1.59. The summed E-state index contributed by atoms with van der Waals surface area (Å²) in [7, 11) is -3.82. The van der Waals surface area contributed by atoms with Crippen LogP contribution in [0.4, 0.5) is 5.69 Å². The number of aryl methyl sites for hydroxylation is 1. The first-order valence-electron chi connectivity index (χ1n) is 10.3. The molecule has 1 N–H and O–H groups in total. The Hall–Kier alpha value is -2.29. The van der Waals surface area contributed by atoms with Gasteiger partial charge in [-0.3, -0.25) is 4.79 Å². The Bertz CT molecular complexity index is 1020. The summed E-state index contributed by atoms with van der Waals surface area (Å²) in [6.07, 6.45) is 0. The third-order valence-corrected chi connectivity index (χ3v) is 7.04. The van der Waals surface area contributed by atoms with Crippen LogP contribution in [0, 0.1) is 6.92 Å². The average Bonchev–Trinajstić information content (AvgIpc) is 2.75. The predicted octanol–water partition coefficient (Wildman–Crippen LogP) is 3.06. The smallest absolute Gasteiger partial charge is 0.241 e. The lowest BCUT2D eigenvalue weighted by molar-refractivity contribution is -0.132. The molecule has 0 saturated carbocycles. The molecule has 2 aromatic rings. The van der Waals surface area contributed by atoms with Crippen LogP contribution in [-0.4, -0.2) is 58.1 Å². The van der Waals surface area contributed by atoms with Crippen molar-refractivity contribution < 1.29 is 17.9 Å². The second-order valence-electron chi connectivity index (χ2n) is 7.49. The largest absolute Gasteiger partial charge is 0.494 e. The molecule has 168 valence electrons. The minimum absolute atomic E-state index is 0.0943. The second kappa shape index (κ2) is 9.89. The number of carbonyl (C=O) groups excluding carboxylic acids is 1. The van der Waals surface area contributed by atoms with Gasteiger partial charge in [0.1, 0.15) is 5.75 Å². The third-order valence-electron chi connectivity index (χ3n) is 5.25. The van der Waals surface area contributed by atoms with Gasteiger partial charge in [-0.25, -0.2) is 8.42 Å². The fourth-order valence-corrected chi connectivity index (χ4v) is 4.96. The van der Waals surface area contributed by atoms with E-state index in [9.17, 15) is 13.2 Å². The van der Waals surface area contributed by atoms with Crippen LogP contribution in [0.15, 0.2) is 47.4 Å². The Morgan fingerprint density at radius 2 is 1.77 bits per heavy atom. The highest BCUT2D eigenvalue weighted by Gasteiger charge is 2.28. The number of halogens is 1. The molecule has 9 heteroatoms. The molecule has 0 aliphatic carbocycles. The zero-order valence-electron chi connectivity index (χ0n) is 18.0. The third kappa shape index (κ3) is 5.70. The van der Waals surface area contributed by atoms with Crippen LogP contribution in [0.5, 0.6) is 5.75 Å². The van der Waals surface area contributed by atoms with Gasteiger partial charge in [0.25, 0.3) is 0 Å². The van der Waals surface area contributed by atoms with E-state index in [0.29, 0.717) is 43.6 Å². The Morgan fingerprint density at radius 3 is 2.39 bits per heavy atom. The predicted molar refractivity (Wildman–Crippen MR) is 122 cm³/mol. The number of ether oxygens (including phenoxy) is 1. The lowest BCUT2D eigenvalue weighted by atomic mass is 10.1. The van der Waals surface area contributed by atoms with Gasteiger partial charge in [0, 0.05) is 36.9 Å². The standard InChI is InChI=1S/C22H28ClN3O4S/c1-4-30-19-7-9-20(10-8-19)31(28,29)24-17(3)22(27)26-13-11-25(12-14-26)21-15-18(23)6-5-16(21)2/h5-10,15,17,24H,4,11-14H2,1-3H3/t17-/m0/s1. The number of hydrogen-bond donors (Lipinski definition) is 1. The minimum atomic E-state index is -3.82. The molecule has 1 atom stereocenters. The molecule has 1 fully saturated rings. The Kier molecular flexibility index (Phi) is 7.46. The summed E-state index contributed by atoms with van der Waals surface area (Å²) in [5.74, 6) is 0.357. The van der Waals surface area contributed by atoms with Crippen molar-refractivity contribution in [1.29, 1.82) is 0 Å². The van der Waals surface area contributed by atoms with Crippen LogP contribution < -0.4 is 14.4 Å². The molecule has 7 nitrogen and oxygen atoms in total. The molecule has 0 radical (unpaired) electrons. The summed E-state index contributed by atoms with van der Waals surface area (Å²) in [4.78, 5) is 16.8. The van der Waals surface area contributed by atoms with Crippen molar-refractivity contribution in [3.63, 3.8) is 0 Å². The van der Waals surface area contributed by atoms with Gasteiger partial charge < -0.3 is 14.5 Å². The van der Waals surface area contributed by atoms with Crippen LogP contribution in [-0.2, 0) is 14.8 Å². The van der Waals surface area contributed by atoms with Crippen molar-refractivity contribution in [3.8, 4) is 5.75 Å². The number of nitrogens with zero attached hydrogens (tertiary/aromatic N) is 2. The van der Waals surface area contributed by atoms with E-state index in [1.165, 1.54) is 12.1 Å².